The quantitative estimate of drug-likeness (QED) is 0.481. The van der Waals surface area contributed by atoms with E-state index in [1.54, 1.807) is 0 Å². The number of nitrogen functional groups attached to an aromatic ring is 1. The van der Waals surface area contributed by atoms with Crippen molar-refractivity contribution >= 4 is 17.6 Å². The molecule has 1 fully saturated rings. The number of esters is 1. The number of ether oxygens (including phenoxy) is 1. The van der Waals surface area contributed by atoms with Gasteiger partial charge in [0.2, 0.25) is 0 Å². The molecule has 1 aromatic rings. The second-order valence-corrected chi connectivity index (χ2v) is 4.80. The maximum Gasteiger partial charge on any atom is 0.328 e. The Morgan fingerprint density at radius 2 is 2.15 bits per heavy atom. The Kier molecular flexibility index (Phi) is 4.12. The van der Waals surface area contributed by atoms with Crippen LogP contribution in [-0.2, 0) is 9.53 Å². The van der Waals surface area contributed by atoms with Gasteiger partial charge in [0.05, 0.1) is 12.7 Å². The van der Waals surface area contributed by atoms with Crippen LogP contribution in [0.15, 0.2) is 18.2 Å². The summed E-state index contributed by atoms with van der Waals surface area (Å²) in [6.07, 6.45) is 2.29. The second-order valence-electron chi connectivity index (χ2n) is 4.80. The number of hydrogen-bond acceptors (Lipinski definition) is 5. The zero-order chi connectivity index (χ0) is 14.7. The van der Waals surface area contributed by atoms with E-state index in [-0.39, 0.29) is 22.9 Å². The number of carbonyl (C=O) groups excluding carboxylic acids is 2. The second kappa shape index (κ2) is 5.81. The zero-order valence-electron chi connectivity index (χ0n) is 11.3. The van der Waals surface area contributed by atoms with Gasteiger partial charge in [-0.2, -0.15) is 0 Å². The highest BCUT2D eigenvalue weighted by Gasteiger charge is 2.34. The van der Waals surface area contributed by atoms with Crippen LogP contribution in [0.2, 0.25) is 0 Å². The molecular weight excluding hydrogens is 260 g/mol. The lowest BCUT2D eigenvalue weighted by Gasteiger charge is -2.34. The van der Waals surface area contributed by atoms with Crippen molar-refractivity contribution in [2.24, 2.45) is 0 Å². The monoisotopic (exact) mass is 278 g/mol. The fourth-order valence-electron chi connectivity index (χ4n) is 2.44. The highest BCUT2D eigenvalue weighted by molar-refractivity contribution is 6.01. The predicted octanol–water partition coefficient (Wildman–Crippen LogP) is 1.14. The number of amides is 1. The molecule has 1 amide bonds. The number of likely N-dealkylation sites (tertiary alicyclic amines) is 1. The Balaban J connectivity index is 2.30. The number of anilines is 1. The minimum Gasteiger partial charge on any atom is -0.508 e. The topological polar surface area (TPSA) is 92.9 Å². The summed E-state index contributed by atoms with van der Waals surface area (Å²) in [5.41, 5.74) is 6.26. The van der Waals surface area contributed by atoms with Gasteiger partial charge in [0, 0.05) is 12.2 Å². The molecule has 1 atom stereocenters. The van der Waals surface area contributed by atoms with E-state index < -0.39 is 12.0 Å². The standard InChI is InChI=1S/C14H18N2O4/c1-20-14(19)12-4-2-3-7-16(12)13(18)10-8-9(17)5-6-11(10)15/h5-6,8,12,17H,2-4,7,15H2,1H3. The molecule has 1 saturated heterocycles. The lowest BCUT2D eigenvalue weighted by Crippen LogP contribution is -2.48. The molecule has 1 aliphatic heterocycles. The normalized spacial score (nSPS) is 18.6. The van der Waals surface area contributed by atoms with Gasteiger partial charge in [0.1, 0.15) is 11.8 Å². The lowest BCUT2D eigenvalue weighted by molar-refractivity contribution is -0.147. The molecule has 0 bridgehead atoms. The van der Waals surface area contributed by atoms with Gasteiger partial charge >= 0.3 is 5.97 Å². The number of phenolic OH excluding ortho intramolecular Hbond substituents is 1. The van der Waals surface area contributed by atoms with Gasteiger partial charge < -0.3 is 20.5 Å². The van der Waals surface area contributed by atoms with Gasteiger partial charge in [0.25, 0.3) is 5.91 Å². The van der Waals surface area contributed by atoms with E-state index in [1.807, 2.05) is 0 Å². The number of aromatic hydroxyl groups is 1. The van der Waals surface area contributed by atoms with Crippen molar-refractivity contribution in [2.75, 3.05) is 19.4 Å². The highest BCUT2D eigenvalue weighted by atomic mass is 16.5. The van der Waals surface area contributed by atoms with Crippen LogP contribution in [-0.4, -0.2) is 41.6 Å². The number of nitrogens with zero attached hydrogens (tertiary/aromatic N) is 1. The summed E-state index contributed by atoms with van der Waals surface area (Å²) in [4.78, 5) is 25.8. The summed E-state index contributed by atoms with van der Waals surface area (Å²) in [5.74, 6) is -0.806. The summed E-state index contributed by atoms with van der Waals surface area (Å²) in [5, 5.41) is 9.49. The van der Waals surface area contributed by atoms with Crippen molar-refractivity contribution in [3.8, 4) is 5.75 Å². The van der Waals surface area contributed by atoms with E-state index in [9.17, 15) is 14.7 Å². The Hall–Kier alpha value is -2.24. The Morgan fingerprint density at radius 1 is 1.40 bits per heavy atom. The zero-order valence-corrected chi connectivity index (χ0v) is 11.3. The molecule has 108 valence electrons. The van der Waals surface area contributed by atoms with Crippen molar-refractivity contribution in [2.45, 2.75) is 25.3 Å². The third kappa shape index (κ3) is 2.68. The summed E-state index contributed by atoms with van der Waals surface area (Å²) in [7, 11) is 1.31. The van der Waals surface area contributed by atoms with Crippen molar-refractivity contribution in [1.29, 1.82) is 0 Å². The lowest BCUT2D eigenvalue weighted by atomic mass is 10.0. The van der Waals surface area contributed by atoms with Crippen LogP contribution < -0.4 is 5.73 Å². The van der Waals surface area contributed by atoms with E-state index in [1.165, 1.54) is 30.2 Å². The van der Waals surface area contributed by atoms with Gasteiger partial charge in [0.15, 0.2) is 0 Å². The van der Waals surface area contributed by atoms with Gasteiger partial charge in [-0.1, -0.05) is 0 Å². The number of nitrogens with two attached hydrogens (primary N) is 1. The van der Waals surface area contributed by atoms with Crippen LogP contribution in [0.3, 0.4) is 0 Å². The highest BCUT2D eigenvalue weighted by Crippen LogP contribution is 2.25. The predicted molar refractivity (Wildman–Crippen MR) is 73.2 cm³/mol. The van der Waals surface area contributed by atoms with Gasteiger partial charge in [-0.15, -0.1) is 0 Å². The molecule has 0 radical (unpaired) electrons. The maximum atomic E-state index is 12.5. The van der Waals surface area contributed by atoms with E-state index in [0.29, 0.717) is 13.0 Å². The molecule has 6 heteroatoms. The van der Waals surface area contributed by atoms with Crippen LogP contribution >= 0.6 is 0 Å². The first-order valence-electron chi connectivity index (χ1n) is 6.52. The maximum absolute atomic E-state index is 12.5. The first kappa shape index (κ1) is 14.2. The van der Waals surface area contributed by atoms with Crippen LogP contribution in [0.5, 0.6) is 5.75 Å². The first-order valence-corrected chi connectivity index (χ1v) is 6.52. The summed E-state index contributed by atoms with van der Waals surface area (Å²) >= 11 is 0. The molecule has 1 aliphatic rings. The Labute approximate surface area is 117 Å². The molecule has 0 saturated carbocycles. The number of benzene rings is 1. The van der Waals surface area contributed by atoms with Crippen LogP contribution in [0, 0.1) is 0 Å². The average Bonchev–Trinajstić information content (AvgIpc) is 2.48. The number of carbonyl (C=O) groups is 2. The molecule has 2 rings (SSSR count). The Bertz CT molecular complexity index is 530. The number of rotatable bonds is 2. The summed E-state index contributed by atoms with van der Waals surface area (Å²) in [6.45, 7) is 0.480. The molecule has 3 N–H and O–H groups in total. The van der Waals surface area contributed by atoms with E-state index in [0.717, 1.165) is 12.8 Å². The van der Waals surface area contributed by atoms with Crippen molar-refractivity contribution < 1.29 is 19.4 Å². The first-order chi connectivity index (χ1) is 9.54. The van der Waals surface area contributed by atoms with Crippen LogP contribution in [0.1, 0.15) is 29.6 Å². The largest absolute Gasteiger partial charge is 0.508 e. The molecule has 1 unspecified atom stereocenters. The van der Waals surface area contributed by atoms with Crippen LogP contribution in [0.4, 0.5) is 5.69 Å². The molecule has 1 aromatic carbocycles. The van der Waals surface area contributed by atoms with Crippen LogP contribution in [0.25, 0.3) is 0 Å². The minimum absolute atomic E-state index is 0.0332. The molecule has 6 nitrogen and oxygen atoms in total. The molecule has 0 aromatic heterocycles. The van der Waals surface area contributed by atoms with Crippen molar-refractivity contribution in [3.05, 3.63) is 23.8 Å². The number of hydrogen-bond donors (Lipinski definition) is 2. The van der Waals surface area contributed by atoms with E-state index in [2.05, 4.69) is 0 Å². The van der Waals surface area contributed by atoms with Gasteiger partial charge in [-0.05, 0) is 37.5 Å². The third-order valence-corrected chi connectivity index (χ3v) is 3.50. The minimum atomic E-state index is -0.581. The molecular formula is C14H18N2O4. The van der Waals surface area contributed by atoms with E-state index in [4.69, 9.17) is 10.5 Å². The smallest absolute Gasteiger partial charge is 0.328 e. The fraction of sp³-hybridized carbons (Fsp3) is 0.429. The molecule has 0 aliphatic carbocycles. The number of methoxy groups -OCH3 is 1. The number of phenols is 1. The summed E-state index contributed by atoms with van der Waals surface area (Å²) < 4.78 is 4.75. The summed E-state index contributed by atoms with van der Waals surface area (Å²) in [6, 6.07) is 3.63. The SMILES string of the molecule is COC(=O)C1CCCCN1C(=O)c1cc(O)ccc1N. The molecule has 0 spiro atoms. The average molecular weight is 278 g/mol. The number of piperidine rings is 1. The third-order valence-electron chi connectivity index (χ3n) is 3.50. The van der Waals surface area contributed by atoms with E-state index >= 15 is 0 Å². The van der Waals surface area contributed by atoms with Gasteiger partial charge in [-0.3, -0.25) is 4.79 Å². The molecule has 1 heterocycles. The molecule has 20 heavy (non-hydrogen) atoms. The van der Waals surface area contributed by atoms with Crippen molar-refractivity contribution in [3.63, 3.8) is 0 Å². The van der Waals surface area contributed by atoms with Gasteiger partial charge in [-0.25, -0.2) is 4.79 Å². The van der Waals surface area contributed by atoms with Crippen molar-refractivity contribution in [1.82, 2.24) is 4.90 Å². The fourth-order valence-corrected chi connectivity index (χ4v) is 2.44. The Morgan fingerprint density at radius 3 is 2.85 bits per heavy atom.